The van der Waals surface area contributed by atoms with Crippen molar-refractivity contribution < 1.29 is 19.0 Å². The van der Waals surface area contributed by atoms with Gasteiger partial charge >= 0.3 is 0 Å². The van der Waals surface area contributed by atoms with Crippen LogP contribution in [0.3, 0.4) is 0 Å². The molecule has 4 rings (SSSR count). The van der Waals surface area contributed by atoms with Crippen LogP contribution in [0.15, 0.2) is 34.8 Å². The molecule has 0 saturated heterocycles. The number of carbonyl (C=O) groups is 1. The number of ether oxygens (including phenoxy) is 3. The first-order valence-electron chi connectivity index (χ1n) is 8.57. The van der Waals surface area contributed by atoms with Crippen molar-refractivity contribution in [2.24, 2.45) is 0 Å². The lowest BCUT2D eigenvalue weighted by Gasteiger charge is -2.35. The maximum Gasteiger partial charge on any atom is 0.231 e. The molecule has 5 nitrogen and oxygen atoms in total. The van der Waals surface area contributed by atoms with Crippen molar-refractivity contribution in [3.8, 4) is 17.2 Å². The van der Waals surface area contributed by atoms with Crippen LogP contribution in [0.5, 0.6) is 17.2 Å². The maximum atomic E-state index is 12.9. The number of likely N-dealkylation sites (N-methyl/N-ethyl adjacent to an activating group) is 1. The predicted molar refractivity (Wildman–Crippen MR) is 101 cm³/mol. The molecule has 2 aliphatic rings. The summed E-state index contributed by atoms with van der Waals surface area (Å²) in [6.45, 7) is 1.08. The number of hydrogen-bond acceptors (Lipinski definition) is 5. The molecule has 26 heavy (non-hydrogen) atoms. The number of fused-ring (bicyclic) bond motifs is 2. The topological polar surface area (TPSA) is 48.0 Å². The highest BCUT2D eigenvalue weighted by Crippen LogP contribution is 2.50. The minimum atomic E-state index is -0.0562. The Kier molecular flexibility index (Phi) is 4.63. The fraction of sp³-hybridized carbons (Fsp3) is 0.350. The third-order valence-electron chi connectivity index (χ3n) is 5.09. The van der Waals surface area contributed by atoms with Gasteiger partial charge in [0.2, 0.25) is 12.5 Å². The molecule has 0 aromatic heterocycles. The van der Waals surface area contributed by atoms with Crippen molar-refractivity contribution in [2.75, 3.05) is 27.5 Å². The Bertz CT molecular complexity index is 850. The molecule has 0 fully saturated rings. The van der Waals surface area contributed by atoms with Gasteiger partial charge in [0.25, 0.3) is 0 Å². The van der Waals surface area contributed by atoms with Crippen LogP contribution in [0.25, 0.3) is 0 Å². The third kappa shape index (κ3) is 2.97. The summed E-state index contributed by atoms with van der Waals surface area (Å²) >= 11 is 3.41. The van der Waals surface area contributed by atoms with E-state index in [2.05, 4.69) is 20.8 Å². The Hall–Kier alpha value is -2.05. The van der Waals surface area contributed by atoms with Gasteiger partial charge in [0, 0.05) is 34.6 Å². The van der Waals surface area contributed by atoms with Crippen molar-refractivity contribution >= 4 is 21.7 Å². The first-order valence-corrected chi connectivity index (χ1v) is 9.36. The van der Waals surface area contributed by atoms with Crippen LogP contribution in [0.4, 0.5) is 0 Å². The quantitative estimate of drug-likeness (QED) is 0.703. The van der Waals surface area contributed by atoms with Crippen molar-refractivity contribution in [2.45, 2.75) is 18.9 Å². The Morgan fingerprint density at radius 2 is 2.08 bits per heavy atom. The van der Waals surface area contributed by atoms with Crippen LogP contribution in [-0.2, 0) is 6.42 Å². The summed E-state index contributed by atoms with van der Waals surface area (Å²) in [5.41, 5.74) is 2.92. The first-order chi connectivity index (χ1) is 12.6. The normalized spacial score (nSPS) is 18.5. The van der Waals surface area contributed by atoms with Crippen LogP contribution in [0.1, 0.15) is 33.9 Å². The van der Waals surface area contributed by atoms with E-state index < -0.39 is 0 Å². The lowest BCUT2D eigenvalue weighted by Crippen LogP contribution is -2.34. The summed E-state index contributed by atoms with van der Waals surface area (Å²) in [5.74, 6) is 2.17. The monoisotopic (exact) mass is 417 g/mol. The second kappa shape index (κ2) is 6.93. The van der Waals surface area contributed by atoms with Gasteiger partial charge in [0.15, 0.2) is 17.3 Å². The van der Waals surface area contributed by atoms with E-state index in [0.717, 1.165) is 34.3 Å². The summed E-state index contributed by atoms with van der Waals surface area (Å²) in [4.78, 5) is 15.1. The standard InChI is InChI=1S/C20H20BrNO4/c1-22-8-7-13-9-17-19(26-11-25-17)20(24-2)18(13)15(22)10-16(23)12-3-5-14(21)6-4-12/h3-6,9,15H,7-8,10-11H2,1-2H3/t15-/m1/s1. The highest BCUT2D eigenvalue weighted by Gasteiger charge is 2.35. The van der Waals surface area contributed by atoms with Gasteiger partial charge in [-0.05, 0) is 37.2 Å². The van der Waals surface area contributed by atoms with E-state index in [0.29, 0.717) is 23.5 Å². The van der Waals surface area contributed by atoms with Crippen LogP contribution in [-0.4, -0.2) is 38.2 Å². The number of rotatable bonds is 4. The molecular weight excluding hydrogens is 398 g/mol. The molecule has 2 heterocycles. The van der Waals surface area contributed by atoms with Gasteiger partial charge in [0.05, 0.1) is 7.11 Å². The summed E-state index contributed by atoms with van der Waals surface area (Å²) in [5, 5.41) is 0. The minimum Gasteiger partial charge on any atom is -0.492 e. The van der Waals surface area contributed by atoms with E-state index in [4.69, 9.17) is 14.2 Å². The minimum absolute atomic E-state index is 0.0562. The molecule has 0 amide bonds. The number of benzene rings is 2. The average molecular weight is 418 g/mol. The van der Waals surface area contributed by atoms with Gasteiger partial charge in [-0.3, -0.25) is 9.69 Å². The Morgan fingerprint density at radius 1 is 1.31 bits per heavy atom. The molecule has 0 bridgehead atoms. The molecule has 0 unspecified atom stereocenters. The molecule has 136 valence electrons. The molecule has 0 spiro atoms. The molecule has 2 aromatic carbocycles. The predicted octanol–water partition coefficient (Wildman–Crippen LogP) is 3.99. The number of halogens is 1. The number of Topliss-reactive ketones (excluding diaryl/α,β-unsaturated/α-hetero) is 1. The summed E-state index contributed by atoms with van der Waals surface area (Å²) in [7, 11) is 3.69. The maximum absolute atomic E-state index is 12.9. The first kappa shape index (κ1) is 17.4. The Labute approximate surface area is 161 Å². The molecule has 6 heteroatoms. The molecule has 0 radical (unpaired) electrons. The average Bonchev–Trinajstić information content (AvgIpc) is 3.11. The summed E-state index contributed by atoms with van der Waals surface area (Å²) in [6.07, 6.45) is 1.28. The van der Waals surface area contributed by atoms with Gasteiger partial charge in [-0.25, -0.2) is 0 Å². The van der Waals surface area contributed by atoms with Crippen molar-refractivity contribution in [3.05, 3.63) is 51.5 Å². The van der Waals surface area contributed by atoms with Crippen LogP contribution in [0.2, 0.25) is 0 Å². The van der Waals surface area contributed by atoms with Crippen molar-refractivity contribution in [1.82, 2.24) is 4.90 Å². The van der Waals surface area contributed by atoms with E-state index in [1.807, 2.05) is 37.4 Å². The Morgan fingerprint density at radius 3 is 2.81 bits per heavy atom. The fourth-order valence-corrected chi connectivity index (χ4v) is 3.98. The highest BCUT2D eigenvalue weighted by atomic mass is 79.9. The zero-order valence-corrected chi connectivity index (χ0v) is 16.3. The fourth-order valence-electron chi connectivity index (χ4n) is 3.71. The van der Waals surface area contributed by atoms with E-state index >= 15 is 0 Å². The number of methoxy groups -OCH3 is 1. The van der Waals surface area contributed by atoms with Gasteiger partial charge in [-0.15, -0.1) is 0 Å². The molecule has 2 aromatic rings. The van der Waals surface area contributed by atoms with Crippen molar-refractivity contribution in [1.29, 1.82) is 0 Å². The molecule has 0 saturated carbocycles. The molecule has 1 atom stereocenters. The van der Waals surface area contributed by atoms with E-state index in [9.17, 15) is 4.79 Å². The van der Waals surface area contributed by atoms with Gasteiger partial charge in [-0.2, -0.15) is 0 Å². The molecule has 0 N–H and O–H groups in total. The van der Waals surface area contributed by atoms with Gasteiger partial charge < -0.3 is 14.2 Å². The molecular formula is C20H20BrNO4. The zero-order valence-electron chi connectivity index (χ0n) is 14.8. The summed E-state index contributed by atoms with van der Waals surface area (Å²) in [6, 6.07) is 9.47. The largest absolute Gasteiger partial charge is 0.492 e. The second-order valence-corrected chi connectivity index (χ2v) is 7.51. The SMILES string of the molecule is COc1c2c(cc3c1[C@@H](CC(=O)c1ccc(Br)cc1)N(C)CC3)OCO2. The van der Waals surface area contributed by atoms with Crippen molar-refractivity contribution in [3.63, 3.8) is 0 Å². The molecule has 2 aliphatic heterocycles. The van der Waals surface area contributed by atoms with E-state index in [-0.39, 0.29) is 18.6 Å². The lowest BCUT2D eigenvalue weighted by molar-refractivity contribution is 0.0925. The number of carbonyl (C=O) groups excluding carboxylic acids is 1. The van der Waals surface area contributed by atoms with E-state index in [1.54, 1.807) is 7.11 Å². The van der Waals surface area contributed by atoms with Crippen LogP contribution >= 0.6 is 15.9 Å². The second-order valence-electron chi connectivity index (χ2n) is 6.60. The third-order valence-corrected chi connectivity index (χ3v) is 5.62. The number of ketones is 1. The van der Waals surface area contributed by atoms with E-state index in [1.165, 1.54) is 0 Å². The Balaban J connectivity index is 1.71. The van der Waals surface area contributed by atoms with Gasteiger partial charge in [-0.1, -0.05) is 28.1 Å². The molecule has 0 aliphatic carbocycles. The smallest absolute Gasteiger partial charge is 0.231 e. The number of hydrogen-bond donors (Lipinski definition) is 0. The lowest BCUT2D eigenvalue weighted by atomic mass is 9.87. The van der Waals surface area contributed by atoms with Crippen LogP contribution < -0.4 is 14.2 Å². The van der Waals surface area contributed by atoms with Crippen LogP contribution in [0, 0.1) is 0 Å². The van der Waals surface area contributed by atoms with Gasteiger partial charge in [0.1, 0.15) is 0 Å². The number of nitrogens with zero attached hydrogens (tertiary/aromatic N) is 1. The summed E-state index contributed by atoms with van der Waals surface area (Å²) < 4.78 is 17.8. The highest BCUT2D eigenvalue weighted by molar-refractivity contribution is 9.10. The zero-order chi connectivity index (χ0) is 18.3.